The summed E-state index contributed by atoms with van der Waals surface area (Å²) in [5.74, 6) is 6.66. The van der Waals surface area contributed by atoms with Gasteiger partial charge in [0.1, 0.15) is 0 Å². The zero-order valence-electron chi connectivity index (χ0n) is 37.9. The van der Waals surface area contributed by atoms with Crippen molar-refractivity contribution in [3.8, 4) is 0 Å². The standard InChI is InChI=1S/C53H90N2/c1-15-22-50(42(11)25-24-37(6)29-38(7)31-46-27-26-41(10)47(16-2)35-46)33-40(9)30-39(8)32-48(17-3)52-36-53(54,43(12)34-49(52)18-4)44(13)45(14)55-28-21-20-23-51(55)19-5/h15,19,31,33,37,39,41,43,46-52H,1,5,11,13-14,16-18,20-30,32,34-36,54H2,2-4,6-10,12H3/b38-31+,40-33+/t37?,39?,41?,43-,46?,47?,48?,49?,50?,51?,52?,53?/m1/s1. The van der Waals surface area contributed by atoms with Gasteiger partial charge < -0.3 is 10.6 Å². The van der Waals surface area contributed by atoms with Crippen molar-refractivity contribution in [1.82, 2.24) is 4.90 Å². The number of hydrogen-bond acceptors (Lipinski definition) is 2. The molecule has 11 unspecified atom stereocenters. The Morgan fingerprint density at radius 2 is 1.58 bits per heavy atom. The van der Waals surface area contributed by atoms with Crippen LogP contribution in [0.4, 0.5) is 0 Å². The lowest BCUT2D eigenvalue weighted by Crippen LogP contribution is -2.56. The summed E-state index contributed by atoms with van der Waals surface area (Å²) in [4.78, 5) is 2.45. The predicted molar refractivity (Wildman–Crippen MR) is 246 cm³/mol. The van der Waals surface area contributed by atoms with Crippen LogP contribution in [-0.2, 0) is 0 Å². The number of likely N-dealkylation sites (tertiary alicyclic amines) is 1. The van der Waals surface area contributed by atoms with Crippen LogP contribution in [0.5, 0.6) is 0 Å². The first-order valence-corrected chi connectivity index (χ1v) is 23.3. The average molecular weight is 755 g/mol. The van der Waals surface area contributed by atoms with Crippen LogP contribution >= 0.6 is 0 Å². The highest BCUT2D eigenvalue weighted by Gasteiger charge is 2.47. The van der Waals surface area contributed by atoms with Gasteiger partial charge in [-0.1, -0.05) is 128 Å². The molecule has 55 heavy (non-hydrogen) atoms. The molecule has 312 valence electrons. The summed E-state index contributed by atoms with van der Waals surface area (Å²) in [6.07, 6.45) is 30.0. The molecule has 0 aromatic rings. The van der Waals surface area contributed by atoms with E-state index in [0.29, 0.717) is 47.5 Å². The van der Waals surface area contributed by atoms with Gasteiger partial charge in [-0.15, -0.1) is 13.2 Å². The molecular weight excluding hydrogens is 665 g/mol. The van der Waals surface area contributed by atoms with Crippen molar-refractivity contribution in [3.05, 3.63) is 85.2 Å². The van der Waals surface area contributed by atoms with Crippen LogP contribution in [0.2, 0.25) is 0 Å². The third-order valence-corrected chi connectivity index (χ3v) is 15.3. The molecule has 3 aliphatic rings. The third-order valence-electron chi connectivity index (χ3n) is 15.3. The predicted octanol–water partition coefficient (Wildman–Crippen LogP) is 15.2. The molecule has 12 atom stereocenters. The smallest absolute Gasteiger partial charge is 0.0470 e. The van der Waals surface area contributed by atoms with E-state index >= 15 is 0 Å². The van der Waals surface area contributed by atoms with Gasteiger partial charge in [0.2, 0.25) is 0 Å². The van der Waals surface area contributed by atoms with Crippen molar-refractivity contribution >= 4 is 0 Å². The number of rotatable bonds is 22. The van der Waals surface area contributed by atoms with Crippen molar-refractivity contribution in [2.24, 2.45) is 64.9 Å². The van der Waals surface area contributed by atoms with Crippen LogP contribution in [0.1, 0.15) is 171 Å². The highest BCUT2D eigenvalue weighted by atomic mass is 15.2. The second kappa shape index (κ2) is 22.8. The molecular formula is C53H90N2. The summed E-state index contributed by atoms with van der Waals surface area (Å²) < 4.78 is 0. The summed E-state index contributed by atoms with van der Waals surface area (Å²) in [6.45, 7) is 45.0. The molecule has 2 N–H and O–H groups in total. The monoisotopic (exact) mass is 755 g/mol. The number of allylic oxidation sites excluding steroid dienone is 6. The van der Waals surface area contributed by atoms with Gasteiger partial charge in [-0.25, -0.2) is 0 Å². The Morgan fingerprint density at radius 3 is 2.22 bits per heavy atom. The normalized spacial score (nSPS) is 31.6. The number of nitrogens with two attached hydrogens (primary N) is 1. The lowest BCUT2D eigenvalue weighted by molar-refractivity contribution is 0.0597. The Bertz CT molecular complexity index is 1310. The molecule has 0 amide bonds. The fourth-order valence-corrected chi connectivity index (χ4v) is 11.7. The molecule has 0 spiro atoms. The highest BCUT2D eigenvalue weighted by molar-refractivity contribution is 5.37. The van der Waals surface area contributed by atoms with Crippen LogP contribution in [0, 0.1) is 59.2 Å². The summed E-state index contributed by atoms with van der Waals surface area (Å²) in [7, 11) is 0. The lowest BCUT2D eigenvalue weighted by Gasteiger charge is -2.52. The maximum atomic E-state index is 7.54. The van der Waals surface area contributed by atoms with E-state index in [4.69, 9.17) is 12.3 Å². The molecule has 2 heteroatoms. The van der Waals surface area contributed by atoms with Gasteiger partial charge >= 0.3 is 0 Å². The maximum absolute atomic E-state index is 7.54. The van der Waals surface area contributed by atoms with Crippen molar-refractivity contribution < 1.29 is 0 Å². The minimum Gasteiger partial charge on any atom is -0.365 e. The maximum Gasteiger partial charge on any atom is 0.0470 e. The summed E-state index contributed by atoms with van der Waals surface area (Å²) in [5, 5.41) is 0. The van der Waals surface area contributed by atoms with Crippen LogP contribution < -0.4 is 5.73 Å². The first-order chi connectivity index (χ1) is 26.1. The van der Waals surface area contributed by atoms with Gasteiger partial charge in [-0.2, -0.15) is 0 Å². The second-order valence-corrected chi connectivity index (χ2v) is 19.7. The van der Waals surface area contributed by atoms with Gasteiger partial charge in [0.15, 0.2) is 0 Å². The van der Waals surface area contributed by atoms with Gasteiger partial charge in [-0.3, -0.25) is 0 Å². The van der Waals surface area contributed by atoms with E-state index in [1.54, 1.807) is 5.57 Å². The van der Waals surface area contributed by atoms with E-state index < -0.39 is 5.54 Å². The third kappa shape index (κ3) is 13.2. The molecule has 0 aromatic carbocycles. The van der Waals surface area contributed by atoms with Crippen molar-refractivity contribution in [1.29, 1.82) is 0 Å². The van der Waals surface area contributed by atoms with E-state index in [1.165, 1.54) is 88.2 Å². The molecule has 1 saturated heterocycles. The molecule has 1 heterocycles. The quantitative estimate of drug-likeness (QED) is 0.0881. The Kier molecular flexibility index (Phi) is 19.6. The molecule has 3 rings (SSSR count). The van der Waals surface area contributed by atoms with Gasteiger partial charge in [0.05, 0.1) is 0 Å². The minimum atomic E-state index is -0.416. The first-order valence-electron chi connectivity index (χ1n) is 23.3. The van der Waals surface area contributed by atoms with Crippen molar-refractivity contribution in [3.63, 3.8) is 0 Å². The minimum absolute atomic E-state index is 0.340. The highest BCUT2D eigenvalue weighted by Crippen LogP contribution is 2.50. The topological polar surface area (TPSA) is 29.3 Å². The molecule has 2 nitrogen and oxygen atoms in total. The van der Waals surface area contributed by atoms with E-state index in [0.717, 1.165) is 67.7 Å². The second-order valence-electron chi connectivity index (χ2n) is 19.7. The summed E-state index contributed by atoms with van der Waals surface area (Å²) >= 11 is 0. The van der Waals surface area contributed by atoms with Crippen molar-refractivity contribution in [2.45, 2.75) is 183 Å². The molecule has 0 radical (unpaired) electrons. The molecule has 2 aliphatic carbocycles. The fraction of sp³-hybridized carbons (Fsp3) is 0.736. The van der Waals surface area contributed by atoms with E-state index in [-0.39, 0.29) is 0 Å². The van der Waals surface area contributed by atoms with E-state index in [2.05, 4.69) is 118 Å². The average Bonchev–Trinajstić information content (AvgIpc) is 3.16. The molecule has 3 fully saturated rings. The molecule has 0 aromatic heterocycles. The summed E-state index contributed by atoms with van der Waals surface area (Å²) in [5.41, 5.74) is 13.7. The van der Waals surface area contributed by atoms with Gasteiger partial charge in [0, 0.05) is 29.7 Å². The number of piperidine rings is 1. The Morgan fingerprint density at radius 1 is 0.891 bits per heavy atom. The largest absolute Gasteiger partial charge is 0.365 e. The Hall–Kier alpha value is -2.06. The van der Waals surface area contributed by atoms with Gasteiger partial charge in [-0.05, 0) is 163 Å². The van der Waals surface area contributed by atoms with E-state index in [1.807, 2.05) is 0 Å². The molecule has 2 saturated carbocycles. The van der Waals surface area contributed by atoms with Gasteiger partial charge in [0.25, 0.3) is 0 Å². The van der Waals surface area contributed by atoms with Crippen LogP contribution in [-0.4, -0.2) is 23.0 Å². The Balaban J connectivity index is 1.60. The first kappa shape index (κ1) is 47.3. The number of nitrogens with zero attached hydrogens (tertiary/aromatic N) is 1. The zero-order chi connectivity index (χ0) is 40.9. The van der Waals surface area contributed by atoms with Crippen LogP contribution in [0.15, 0.2) is 85.2 Å². The molecule has 0 bridgehead atoms. The number of hydrogen-bond donors (Lipinski definition) is 1. The zero-order valence-corrected chi connectivity index (χ0v) is 37.9. The summed E-state index contributed by atoms with van der Waals surface area (Å²) in [6, 6.07) is 0.340. The lowest BCUT2D eigenvalue weighted by atomic mass is 9.57. The van der Waals surface area contributed by atoms with E-state index in [9.17, 15) is 0 Å². The SMILES string of the molecule is C=CCC(/C=C(\C)CC(C)CC(CC)C1CC(N)(C(=C)C(=C)N2CCCCC2C=C)[C@H](C)CC1CC)C(=C)CCC(C)C/C(C)=C/C1CCC(C)C(CC)C1. The fourth-order valence-electron chi connectivity index (χ4n) is 11.7. The van der Waals surface area contributed by atoms with Crippen molar-refractivity contribution in [2.75, 3.05) is 6.54 Å². The van der Waals surface area contributed by atoms with Crippen LogP contribution in [0.25, 0.3) is 0 Å². The molecule has 1 aliphatic heterocycles. The van der Waals surface area contributed by atoms with Crippen LogP contribution in [0.3, 0.4) is 0 Å². The Labute approximate surface area is 343 Å².